The molecule has 1 fully saturated rings. The van der Waals surface area contributed by atoms with E-state index in [1.807, 2.05) is 17.8 Å². The Morgan fingerprint density at radius 3 is 2.70 bits per heavy atom. The Kier molecular flexibility index (Phi) is 5.59. The number of hydrogen-bond donors (Lipinski definition) is 0. The van der Waals surface area contributed by atoms with E-state index in [-0.39, 0.29) is 12.0 Å². The van der Waals surface area contributed by atoms with E-state index in [0.717, 1.165) is 25.2 Å². The van der Waals surface area contributed by atoms with E-state index in [0.29, 0.717) is 13.0 Å². The van der Waals surface area contributed by atoms with Crippen molar-refractivity contribution in [3.8, 4) is 0 Å². The number of piperidine rings is 1. The lowest BCUT2D eigenvalue weighted by atomic mass is 10.0. The number of carbonyl (C=O) groups excluding carboxylic acids is 1. The Hall–Kier alpha value is -1.36. The average Bonchev–Trinajstić information content (AvgIpc) is 2.95. The van der Waals surface area contributed by atoms with Crippen molar-refractivity contribution in [1.82, 2.24) is 14.7 Å². The maximum atomic E-state index is 11.9. The van der Waals surface area contributed by atoms with Crippen LogP contribution in [0.2, 0.25) is 0 Å². The van der Waals surface area contributed by atoms with Gasteiger partial charge in [-0.05, 0) is 39.8 Å². The van der Waals surface area contributed by atoms with Crippen LogP contribution in [0.4, 0.5) is 0 Å². The van der Waals surface area contributed by atoms with Crippen LogP contribution >= 0.6 is 0 Å². The molecule has 0 amide bonds. The highest BCUT2D eigenvalue weighted by atomic mass is 16.5. The van der Waals surface area contributed by atoms with E-state index >= 15 is 0 Å². The normalized spacial score (nSPS) is 17.9. The van der Waals surface area contributed by atoms with E-state index < -0.39 is 0 Å². The maximum Gasteiger partial charge on any atom is 0.307 e. The molecule has 1 aromatic rings. The summed E-state index contributed by atoms with van der Waals surface area (Å²) in [7, 11) is 0. The number of hydrogen-bond acceptors (Lipinski definition) is 4. The van der Waals surface area contributed by atoms with Gasteiger partial charge in [0, 0.05) is 24.3 Å². The van der Waals surface area contributed by atoms with Crippen LogP contribution in [-0.4, -0.2) is 40.3 Å². The monoisotopic (exact) mass is 279 g/mol. The van der Waals surface area contributed by atoms with Crippen LogP contribution in [0.3, 0.4) is 0 Å². The van der Waals surface area contributed by atoms with Crippen LogP contribution < -0.4 is 0 Å². The van der Waals surface area contributed by atoms with Crippen molar-refractivity contribution >= 4 is 5.97 Å². The molecule has 0 radical (unpaired) electrons. The summed E-state index contributed by atoms with van der Waals surface area (Å²) in [5.41, 5.74) is 1.13. The minimum atomic E-state index is -0.118. The predicted molar refractivity (Wildman–Crippen MR) is 77.3 cm³/mol. The van der Waals surface area contributed by atoms with Gasteiger partial charge in [-0.3, -0.25) is 14.4 Å². The molecule has 112 valence electrons. The highest BCUT2D eigenvalue weighted by Gasteiger charge is 2.26. The van der Waals surface area contributed by atoms with Crippen LogP contribution in [0.1, 0.15) is 51.1 Å². The lowest BCUT2D eigenvalue weighted by Gasteiger charge is -2.33. The lowest BCUT2D eigenvalue weighted by Crippen LogP contribution is -2.35. The van der Waals surface area contributed by atoms with E-state index in [4.69, 9.17) is 4.74 Å². The molecule has 1 unspecified atom stereocenters. The average molecular weight is 279 g/mol. The van der Waals surface area contributed by atoms with Crippen molar-refractivity contribution in [3.63, 3.8) is 0 Å². The first-order chi connectivity index (χ1) is 9.74. The number of rotatable bonds is 6. The molecular weight excluding hydrogens is 254 g/mol. The third-order valence-electron chi connectivity index (χ3n) is 3.86. The quantitative estimate of drug-likeness (QED) is 0.750. The van der Waals surface area contributed by atoms with Crippen molar-refractivity contribution in [2.24, 2.45) is 0 Å². The molecule has 1 aliphatic rings. The van der Waals surface area contributed by atoms with E-state index in [1.165, 1.54) is 19.3 Å². The Labute approximate surface area is 120 Å². The van der Waals surface area contributed by atoms with Crippen molar-refractivity contribution in [3.05, 3.63) is 18.0 Å². The van der Waals surface area contributed by atoms with Gasteiger partial charge in [-0.15, -0.1) is 0 Å². The molecule has 5 heteroatoms. The minimum Gasteiger partial charge on any atom is -0.466 e. The van der Waals surface area contributed by atoms with Crippen molar-refractivity contribution < 1.29 is 9.53 Å². The fourth-order valence-corrected chi connectivity index (χ4v) is 2.79. The van der Waals surface area contributed by atoms with Crippen LogP contribution in [0.5, 0.6) is 0 Å². The smallest absolute Gasteiger partial charge is 0.307 e. The Morgan fingerprint density at radius 1 is 1.35 bits per heavy atom. The summed E-state index contributed by atoms with van der Waals surface area (Å²) in [6.45, 7) is 7.33. The molecule has 5 nitrogen and oxygen atoms in total. The number of aryl methyl sites for hydroxylation is 1. The van der Waals surface area contributed by atoms with Gasteiger partial charge < -0.3 is 4.74 Å². The fourth-order valence-electron chi connectivity index (χ4n) is 2.79. The van der Waals surface area contributed by atoms with Gasteiger partial charge in [-0.1, -0.05) is 6.42 Å². The molecule has 0 aliphatic carbocycles. The first-order valence-electron chi connectivity index (χ1n) is 7.66. The molecule has 1 aromatic heterocycles. The molecule has 0 spiro atoms. The minimum absolute atomic E-state index is 0.106. The molecule has 1 saturated heterocycles. The number of esters is 1. The lowest BCUT2D eigenvalue weighted by molar-refractivity contribution is -0.144. The number of nitrogens with zero attached hydrogens (tertiary/aromatic N) is 3. The van der Waals surface area contributed by atoms with Crippen molar-refractivity contribution in [2.45, 2.75) is 52.1 Å². The van der Waals surface area contributed by atoms with Gasteiger partial charge in [0.1, 0.15) is 0 Å². The Bertz CT molecular complexity index is 425. The summed E-state index contributed by atoms with van der Waals surface area (Å²) < 4.78 is 7.04. The Morgan fingerprint density at radius 2 is 2.10 bits per heavy atom. The Balaban J connectivity index is 2.11. The fraction of sp³-hybridized carbons (Fsp3) is 0.733. The zero-order valence-corrected chi connectivity index (χ0v) is 12.5. The number of carbonyl (C=O) groups is 1. The summed E-state index contributed by atoms with van der Waals surface area (Å²) in [4.78, 5) is 14.3. The van der Waals surface area contributed by atoms with Gasteiger partial charge >= 0.3 is 5.97 Å². The van der Waals surface area contributed by atoms with Crippen LogP contribution in [0.25, 0.3) is 0 Å². The van der Waals surface area contributed by atoms with Gasteiger partial charge in [-0.25, -0.2) is 0 Å². The third-order valence-corrected chi connectivity index (χ3v) is 3.86. The molecule has 1 aliphatic heterocycles. The summed E-state index contributed by atoms with van der Waals surface area (Å²) in [6, 6.07) is 0.106. The first kappa shape index (κ1) is 15.0. The first-order valence-corrected chi connectivity index (χ1v) is 7.66. The zero-order valence-electron chi connectivity index (χ0n) is 12.5. The molecule has 2 rings (SSSR count). The summed E-state index contributed by atoms with van der Waals surface area (Å²) >= 11 is 0. The summed E-state index contributed by atoms with van der Waals surface area (Å²) in [6.07, 6.45) is 8.07. The molecular formula is C15H25N3O2. The van der Waals surface area contributed by atoms with Gasteiger partial charge in [0.05, 0.1) is 19.2 Å². The second-order valence-electron chi connectivity index (χ2n) is 5.25. The molecule has 2 heterocycles. The van der Waals surface area contributed by atoms with Crippen LogP contribution in [-0.2, 0) is 16.1 Å². The van der Waals surface area contributed by atoms with E-state index in [9.17, 15) is 4.79 Å². The SMILES string of the molecule is CCOC(=O)CC(c1cnn(CC)c1)N1CCCCC1. The van der Waals surface area contributed by atoms with Crippen molar-refractivity contribution in [1.29, 1.82) is 0 Å². The second-order valence-corrected chi connectivity index (χ2v) is 5.25. The van der Waals surface area contributed by atoms with Gasteiger partial charge in [-0.2, -0.15) is 5.10 Å². The summed E-state index contributed by atoms with van der Waals surface area (Å²) in [5, 5.41) is 4.34. The molecule has 0 bridgehead atoms. The molecule has 0 aromatic carbocycles. The largest absolute Gasteiger partial charge is 0.466 e. The molecule has 1 atom stereocenters. The molecule has 0 N–H and O–H groups in total. The highest BCUT2D eigenvalue weighted by Crippen LogP contribution is 2.27. The number of ether oxygens (including phenoxy) is 1. The third kappa shape index (κ3) is 3.82. The van der Waals surface area contributed by atoms with Gasteiger partial charge in [0.15, 0.2) is 0 Å². The number of aromatic nitrogens is 2. The van der Waals surface area contributed by atoms with Crippen LogP contribution in [0, 0.1) is 0 Å². The van der Waals surface area contributed by atoms with E-state index in [2.05, 4.69) is 23.1 Å². The van der Waals surface area contributed by atoms with Crippen molar-refractivity contribution in [2.75, 3.05) is 19.7 Å². The molecule has 0 saturated carbocycles. The molecule has 20 heavy (non-hydrogen) atoms. The number of likely N-dealkylation sites (tertiary alicyclic amines) is 1. The highest BCUT2D eigenvalue weighted by molar-refractivity contribution is 5.70. The van der Waals surface area contributed by atoms with Crippen LogP contribution in [0.15, 0.2) is 12.4 Å². The second kappa shape index (κ2) is 7.43. The zero-order chi connectivity index (χ0) is 14.4. The standard InChI is InChI=1S/C15H25N3O2/c1-3-18-12-13(11-16-18)14(10-15(19)20-4-2)17-8-6-5-7-9-17/h11-12,14H,3-10H2,1-2H3. The topological polar surface area (TPSA) is 47.4 Å². The maximum absolute atomic E-state index is 11.9. The van der Waals surface area contributed by atoms with Gasteiger partial charge in [0.25, 0.3) is 0 Å². The predicted octanol–water partition coefficient (Wildman–Crippen LogP) is 2.38. The summed E-state index contributed by atoms with van der Waals surface area (Å²) in [5.74, 6) is -0.118. The van der Waals surface area contributed by atoms with E-state index in [1.54, 1.807) is 0 Å². The van der Waals surface area contributed by atoms with Gasteiger partial charge in [0.2, 0.25) is 0 Å².